The van der Waals surface area contributed by atoms with Gasteiger partial charge in [-0.1, -0.05) is 81.4 Å². The van der Waals surface area contributed by atoms with Gasteiger partial charge in [0.1, 0.15) is 5.84 Å². The molecule has 1 unspecified atom stereocenters. The number of hydrogen-bond acceptors (Lipinski definition) is 2. The van der Waals surface area contributed by atoms with Crippen molar-refractivity contribution in [2.45, 2.75) is 73.6 Å². The molecule has 0 aliphatic carbocycles. The fraction of sp³-hybridized carbons (Fsp3) is 0.484. The summed E-state index contributed by atoms with van der Waals surface area (Å²) in [6.45, 7) is 17.5. The second kappa shape index (κ2) is 16.8. The highest BCUT2D eigenvalue weighted by Crippen LogP contribution is 2.23. The van der Waals surface area contributed by atoms with Crippen molar-refractivity contribution in [3.8, 4) is 0 Å². The van der Waals surface area contributed by atoms with Crippen LogP contribution in [0.2, 0.25) is 0 Å². The summed E-state index contributed by atoms with van der Waals surface area (Å²) in [5.74, 6) is 1.40. The summed E-state index contributed by atoms with van der Waals surface area (Å²) in [5.41, 5.74) is 5.50. The van der Waals surface area contributed by atoms with E-state index in [9.17, 15) is 9.18 Å². The number of amidine groups is 1. The van der Waals surface area contributed by atoms with Gasteiger partial charge < -0.3 is 4.90 Å². The van der Waals surface area contributed by atoms with Crippen molar-refractivity contribution in [1.29, 1.82) is 0 Å². The van der Waals surface area contributed by atoms with Crippen molar-refractivity contribution < 1.29 is 9.18 Å². The van der Waals surface area contributed by atoms with Crippen LogP contribution in [0, 0.1) is 12.8 Å². The van der Waals surface area contributed by atoms with Crippen molar-refractivity contribution in [1.82, 2.24) is 4.90 Å². The zero-order valence-electron chi connectivity index (χ0n) is 22.7. The first-order valence-electron chi connectivity index (χ1n) is 13.1. The Morgan fingerprint density at radius 3 is 2.14 bits per heavy atom. The molecule has 0 aromatic heterocycles. The van der Waals surface area contributed by atoms with Gasteiger partial charge in [-0.3, -0.25) is 9.18 Å². The van der Waals surface area contributed by atoms with E-state index in [1.165, 1.54) is 23.6 Å². The molecule has 3 nitrogen and oxygen atoms in total. The Morgan fingerprint density at radius 2 is 1.57 bits per heavy atom. The fourth-order valence-corrected chi connectivity index (χ4v) is 4.10. The summed E-state index contributed by atoms with van der Waals surface area (Å²) in [4.78, 5) is 20.1. The first kappa shape index (κ1) is 30.3. The highest BCUT2D eigenvalue weighted by Gasteiger charge is 2.24. The number of Topliss-reactive ketones (excluding diaryl/α,β-unsaturated/α-hetero) is 1. The lowest BCUT2D eigenvalue weighted by Gasteiger charge is -2.22. The molecule has 0 spiro atoms. The van der Waals surface area contributed by atoms with Gasteiger partial charge in [0.25, 0.3) is 0 Å². The molecule has 4 heteroatoms. The summed E-state index contributed by atoms with van der Waals surface area (Å²) in [7, 11) is 0. The van der Waals surface area contributed by atoms with Crippen LogP contribution in [0.25, 0.3) is 0 Å². The number of carbonyl (C=O) groups excluding carboxylic acids is 1. The monoisotopic (exact) mass is 480 g/mol. The molecule has 1 atom stereocenters. The molecule has 0 bridgehead atoms. The van der Waals surface area contributed by atoms with E-state index in [1.54, 1.807) is 0 Å². The van der Waals surface area contributed by atoms with E-state index in [1.807, 2.05) is 26.0 Å². The van der Waals surface area contributed by atoms with Crippen LogP contribution < -0.4 is 0 Å². The van der Waals surface area contributed by atoms with E-state index in [0.717, 1.165) is 62.3 Å². The number of allylic oxidation sites excluding steroid dienone is 1. The van der Waals surface area contributed by atoms with Gasteiger partial charge in [0.05, 0.1) is 6.67 Å². The lowest BCUT2D eigenvalue weighted by Crippen LogP contribution is -2.30. The molecule has 1 saturated heterocycles. The number of aliphatic imine (C=N–C) groups is 1. The molecule has 1 fully saturated rings. The molecule has 2 aromatic rings. The van der Waals surface area contributed by atoms with E-state index in [-0.39, 0.29) is 18.4 Å². The minimum Gasteiger partial charge on any atom is -0.360 e. The van der Waals surface area contributed by atoms with Crippen molar-refractivity contribution in [3.05, 3.63) is 83.1 Å². The topological polar surface area (TPSA) is 32.7 Å². The third kappa shape index (κ3) is 10.6. The lowest BCUT2D eigenvalue weighted by atomic mass is 9.91. The first-order valence-corrected chi connectivity index (χ1v) is 13.1. The molecule has 0 N–H and O–H groups in total. The van der Waals surface area contributed by atoms with Crippen LogP contribution >= 0.6 is 0 Å². The third-order valence-corrected chi connectivity index (χ3v) is 6.05. The standard InChI is InChI=1S/C27H34N2O.C2H5F.C2H6/c1-5-23-12-14-26(15-13-23)27(30)25-7-6-17-29(18-16-25)22(4)28-21(3)19-24-10-8-20(2)9-11-24;1-2-3;1-2/h8-15,25H,3,5-7,16-19H2,1-2,4H3;2H2,1H3;1-2H3. The molecule has 0 saturated carbocycles. The summed E-state index contributed by atoms with van der Waals surface area (Å²) in [6.07, 6.45) is 4.61. The molecule has 192 valence electrons. The predicted octanol–water partition coefficient (Wildman–Crippen LogP) is 8.02. The van der Waals surface area contributed by atoms with E-state index in [2.05, 4.69) is 68.6 Å². The maximum Gasteiger partial charge on any atom is 0.166 e. The van der Waals surface area contributed by atoms with Gasteiger partial charge in [-0.25, -0.2) is 4.99 Å². The van der Waals surface area contributed by atoms with E-state index < -0.39 is 0 Å². The minimum atomic E-state index is -0.250. The van der Waals surface area contributed by atoms with Gasteiger partial charge in [-0.15, -0.1) is 0 Å². The van der Waals surface area contributed by atoms with Crippen LogP contribution in [0.5, 0.6) is 0 Å². The van der Waals surface area contributed by atoms with Gasteiger partial charge in [-0.2, -0.15) is 0 Å². The predicted molar refractivity (Wildman–Crippen MR) is 149 cm³/mol. The number of carbonyl (C=O) groups is 1. The van der Waals surface area contributed by atoms with Gasteiger partial charge in [-0.05, 0) is 57.6 Å². The Labute approximate surface area is 213 Å². The second-order valence-electron chi connectivity index (χ2n) is 8.68. The van der Waals surface area contributed by atoms with Crippen molar-refractivity contribution >= 4 is 11.6 Å². The number of likely N-dealkylation sites (tertiary alicyclic amines) is 1. The lowest BCUT2D eigenvalue weighted by molar-refractivity contribution is 0.0909. The first-order chi connectivity index (χ1) is 16.9. The molecule has 35 heavy (non-hydrogen) atoms. The zero-order valence-corrected chi connectivity index (χ0v) is 22.7. The summed E-state index contributed by atoms with van der Waals surface area (Å²) < 4.78 is 10.3. The molecular formula is C31H45FN2O. The number of benzene rings is 2. The van der Waals surface area contributed by atoms with Gasteiger partial charge in [0.15, 0.2) is 5.78 Å². The van der Waals surface area contributed by atoms with Gasteiger partial charge >= 0.3 is 0 Å². The van der Waals surface area contributed by atoms with Crippen LogP contribution in [-0.2, 0) is 12.8 Å². The van der Waals surface area contributed by atoms with E-state index in [0.29, 0.717) is 0 Å². The third-order valence-electron chi connectivity index (χ3n) is 6.05. The Balaban J connectivity index is 0.00000114. The Hall–Kier alpha value is -2.75. The number of aryl methyl sites for hydroxylation is 2. The Kier molecular flexibility index (Phi) is 14.5. The fourth-order valence-electron chi connectivity index (χ4n) is 4.10. The maximum absolute atomic E-state index is 13.0. The second-order valence-corrected chi connectivity index (χ2v) is 8.68. The Bertz CT molecular complexity index is 916. The smallest absolute Gasteiger partial charge is 0.166 e. The van der Waals surface area contributed by atoms with Crippen LogP contribution in [-0.4, -0.2) is 36.3 Å². The molecule has 0 radical (unpaired) electrons. The molecule has 1 aliphatic rings. The molecule has 1 aliphatic heterocycles. The molecule has 0 amide bonds. The van der Waals surface area contributed by atoms with Crippen molar-refractivity contribution in [2.75, 3.05) is 19.8 Å². The highest BCUT2D eigenvalue weighted by molar-refractivity contribution is 5.98. The summed E-state index contributed by atoms with van der Waals surface area (Å²) in [5, 5.41) is 0. The van der Waals surface area contributed by atoms with Crippen molar-refractivity contribution in [3.63, 3.8) is 0 Å². The van der Waals surface area contributed by atoms with Gasteiger partial charge in [0.2, 0.25) is 0 Å². The van der Waals surface area contributed by atoms with E-state index >= 15 is 0 Å². The summed E-state index contributed by atoms with van der Waals surface area (Å²) in [6, 6.07) is 16.7. The Morgan fingerprint density at radius 1 is 1.00 bits per heavy atom. The van der Waals surface area contributed by atoms with Crippen LogP contribution in [0.1, 0.15) is 80.9 Å². The SMILES string of the molecule is C=C(Cc1ccc(C)cc1)N=C(C)N1CCCC(C(=O)c2ccc(CC)cc2)CC1.CC.CCF. The number of halogens is 1. The number of ketones is 1. The molecular weight excluding hydrogens is 435 g/mol. The number of hydrogen-bond donors (Lipinski definition) is 0. The zero-order chi connectivity index (χ0) is 26.2. The highest BCUT2D eigenvalue weighted by atomic mass is 19.1. The van der Waals surface area contributed by atoms with Gasteiger partial charge in [0, 0.05) is 36.7 Å². The quantitative estimate of drug-likeness (QED) is 0.238. The van der Waals surface area contributed by atoms with Crippen LogP contribution in [0.15, 0.2) is 65.8 Å². The molecule has 2 aromatic carbocycles. The van der Waals surface area contributed by atoms with Crippen molar-refractivity contribution in [2.24, 2.45) is 10.9 Å². The average molecular weight is 481 g/mol. The largest absolute Gasteiger partial charge is 0.360 e. The normalized spacial score (nSPS) is 15.7. The maximum atomic E-state index is 13.0. The minimum absolute atomic E-state index is 0.103. The number of alkyl halides is 1. The summed E-state index contributed by atoms with van der Waals surface area (Å²) >= 11 is 0. The number of nitrogens with zero attached hydrogens (tertiary/aromatic N) is 2. The molecule has 3 rings (SSSR count). The van der Waals surface area contributed by atoms with Crippen LogP contribution in [0.4, 0.5) is 4.39 Å². The molecule has 1 heterocycles. The number of rotatable bonds is 6. The van der Waals surface area contributed by atoms with Crippen LogP contribution in [0.3, 0.4) is 0 Å². The average Bonchev–Trinajstić information content (AvgIpc) is 3.13. The van der Waals surface area contributed by atoms with E-state index in [4.69, 9.17) is 4.99 Å².